The summed E-state index contributed by atoms with van der Waals surface area (Å²) >= 11 is 0. The highest BCUT2D eigenvalue weighted by Gasteiger charge is 2.08. The molecule has 0 saturated heterocycles. The van der Waals surface area contributed by atoms with Crippen LogP contribution < -0.4 is 5.73 Å². The van der Waals surface area contributed by atoms with Gasteiger partial charge in [-0.25, -0.2) is 9.59 Å². The van der Waals surface area contributed by atoms with Gasteiger partial charge in [0.2, 0.25) is 6.79 Å². The van der Waals surface area contributed by atoms with Crippen LogP contribution in [0.2, 0.25) is 0 Å². The molecule has 1 amide bonds. The van der Waals surface area contributed by atoms with E-state index in [9.17, 15) is 9.59 Å². The van der Waals surface area contributed by atoms with Gasteiger partial charge >= 0.3 is 12.1 Å². The summed E-state index contributed by atoms with van der Waals surface area (Å²) in [6.07, 6.45) is 2.07. The predicted molar refractivity (Wildman–Crippen MR) is 78.2 cm³/mol. The molecule has 2 N–H and O–H groups in total. The summed E-state index contributed by atoms with van der Waals surface area (Å²) in [5.74, 6) is -0.634. The zero-order valence-corrected chi connectivity index (χ0v) is 11.5. The van der Waals surface area contributed by atoms with Crippen molar-refractivity contribution in [1.29, 1.82) is 0 Å². The number of pyridine rings is 1. The van der Waals surface area contributed by atoms with E-state index in [0.717, 1.165) is 0 Å². The second kappa shape index (κ2) is 7.53. The van der Waals surface area contributed by atoms with Crippen LogP contribution in [0.1, 0.15) is 15.9 Å². The van der Waals surface area contributed by atoms with Gasteiger partial charge < -0.3 is 15.2 Å². The van der Waals surface area contributed by atoms with Crippen molar-refractivity contribution in [2.75, 3.05) is 6.79 Å². The minimum atomic E-state index is -0.956. The molecule has 112 valence electrons. The number of hydrogen-bond acceptors (Lipinski definition) is 5. The molecule has 7 nitrogen and oxygen atoms in total. The van der Waals surface area contributed by atoms with Gasteiger partial charge in [-0.15, -0.1) is 0 Å². The number of carbonyl (C=O) groups is 2. The van der Waals surface area contributed by atoms with Gasteiger partial charge in [-0.2, -0.15) is 4.99 Å². The number of nitrogens with zero attached hydrogens (tertiary/aromatic N) is 2. The van der Waals surface area contributed by atoms with Crippen LogP contribution in [-0.4, -0.2) is 29.7 Å². The average molecular weight is 299 g/mol. The van der Waals surface area contributed by atoms with Gasteiger partial charge in [-0.1, -0.05) is 18.2 Å². The molecule has 2 aromatic rings. The van der Waals surface area contributed by atoms with Crippen LogP contribution in [0.25, 0.3) is 0 Å². The Morgan fingerprint density at radius 1 is 1.05 bits per heavy atom. The maximum atomic E-state index is 11.6. The van der Waals surface area contributed by atoms with E-state index < -0.39 is 18.9 Å². The molecule has 2 rings (SSSR count). The highest BCUT2D eigenvalue weighted by molar-refractivity contribution is 6.02. The van der Waals surface area contributed by atoms with Crippen molar-refractivity contribution >= 4 is 17.9 Å². The summed E-state index contributed by atoms with van der Waals surface area (Å²) in [4.78, 5) is 30.4. The second-order valence-electron chi connectivity index (χ2n) is 4.06. The zero-order valence-electron chi connectivity index (χ0n) is 11.5. The van der Waals surface area contributed by atoms with E-state index in [1.807, 2.05) is 0 Å². The lowest BCUT2D eigenvalue weighted by Gasteiger charge is -2.04. The van der Waals surface area contributed by atoms with Crippen molar-refractivity contribution in [1.82, 2.24) is 4.98 Å². The van der Waals surface area contributed by atoms with Gasteiger partial charge in [0.25, 0.3) is 0 Å². The molecule has 7 heteroatoms. The number of benzene rings is 1. The summed E-state index contributed by atoms with van der Waals surface area (Å²) in [6.45, 7) is -0.545. The molecule has 0 unspecified atom stereocenters. The molecule has 1 aromatic heterocycles. The number of aliphatic imine (C=N–C) groups is 1. The smallest absolute Gasteiger partial charge is 0.424 e. The highest BCUT2D eigenvalue weighted by atomic mass is 16.7. The maximum Gasteiger partial charge on any atom is 0.438 e. The molecule has 22 heavy (non-hydrogen) atoms. The van der Waals surface area contributed by atoms with Crippen LogP contribution in [-0.2, 0) is 9.47 Å². The quantitative estimate of drug-likeness (QED) is 0.399. The van der Waals surface area contributed by atoms with E-state index in [1.165, 1.54) is 6.20 Å². The molecule has 0 spiro atoms. The highest BCUT2D eigenvalue weighted by Crippen LogP contribution is 2.01. The Bertz CT molecular complexity index is 672. The minimum absolute atomic E-state index is 0.0347. The Morgan fingerprint density at radius 2 is 1.77 bits per heavy atom. The van der Waals surface area contributed by atoms with E-state index in [4.69, 9.17) is 10.5 Å². The number of amidine groups is 1. The van der Waals surface area contributed by atoms with Crippen LogP contribution in [0.4, 0.5) is 4.79 Å². The van der Waals surface area contributed by atoms with Crippen molar-refractivity contribution in [2.24, 2.45) is 10.7 Å². The molecule has 1 heterocycles. The van der Waals surface area contributed by atoms with Crippen molar-refractivity contribution in [2.45, 2.75) is 0 Å². The molecule has 0 aliphatic rings. The number of amides is 1. The van der Waals surface area contributed by atoms with Crippen molar-refractivity contribution in [3.05, 3.63) is 66.0 Å². The van der Waals surface area contributed by atoms with E-state index in [1.54, 1.807) is 48.7 Å². The fourth-order valence-corrected chi connectivity index (χ4v) is 1.50. The molecule has 0 radical (unpaired) electrons. The number of hydrogen-bond donors (Lipinski definition) is 1. The Balaban J connectivity index is 1.82. The third kappa shape index (κ3) is 4.41. The molecule has 0 saturated carbocycles. The first kappa shape index (κ1) is 15.2. The number of rotatable bonds is 4. The lowest BCUT2D eigenvalue weighted by Crippen LogP contribution is -2.17. The van der Waals surface area contributed by atoms with Crippen LogP contribution in [0.15, 0.2) is 59.9 Å². The number of carbonyl (C=O) groups excluding carboxylic acids is 2. The van der Waals surface area contributed by atoms with Gasteiger partial charge in [0, 0.05) is 18.0 Å². The molecular weight excluding hydrogens is 286 g/mol. The standard InChI is InChI=1S/C15H13N3O4/c16-13(12-7-4-8-17-9-12)18-15(20)22-10-21-14(19)11-5-2-1-3-6-11/h1-9H,10H2,(H2,16,18,20). The normalized spacial score (nSPS) is 10.8. The fourth-order valence-electron chi connectivity index (χ4n) is 1.50. The molecule has 1 aromatic carbocycles. The summed E-state index contributed by atoms with van der Waals surface area (Å²) in [7, 11) is 0. The SMILES string of the molecule is NC(=NC(=O)OCOC(=O)c1ccccc1)c1cccnc1. The van der Waals surface area contributed by atoms with Crippen LogP contribution in [0.5, 0.6) is 0 Å². The number of ether oxygens (including phenoxy) is 2. The maximum absolute atomic E-state index is 11.6. The zero-order chi connectivity index (χ0) is 15.8. The number of nitrogens with two attached hydrogens (primary N) is 1. The van der Waals surface area contributed by atoms with E-state index in [0.29, 0.717) is 11.1 Å². The van der Waals surface area contributed by atoms with E-state index >= 15 is 0 Å². The van der Waals surface area contributed by atoms with Gasteiger partial charge in [0.15, 0.2) is 0 Å². The van der Waals surface area contributed by atoms with Gasteiger partial charge in [0.1, 0.15) is 5.84 Å². The Morgan fingerprint density at radius 3 is 2.45 bits per heavy atom. The Labute approximate surface area is 126 Å². The lowest BCUT2D eigenvalue weighted by molar-refractivity contribution is 0.000135. The van der Waals surface area contributed by atoms with Gasteiger partial charge in [0.05, 0.1) is 5.56 Å². The van der Waals surface area contributed by atoms with Crippen LogP contribution >= 0.6 is 0 Å². The summed E-state index contributed by atoms with van der Waals surface area (Å²) in [6, 6.07) is 11.6. The fraction of sp³-hybridized carbons (Fsp3) is 0.0667. The van der Waals surface area contributed by atoms with Crippen molar-refractivity contribution in [3.8, 4) is 0 Å². The molecule has 0 aliphatic carbocycles. The first-order valence-corrected chi connectivity index (χ1v) is 6.30. The molecule has 0 atom stereocenters. The first-order chi connectivity index (χ1) is 10.7. The van der Waals surface area contributed by atoms with Gasteiger partial charge in [-0.3, -0.25) is 4.98 Å². The monoisotopic (exact) mass is 299 g/mol. The summed E-state index contributed by atoms with van der Waals surface area (Å²) in [5.41, 5.74) is 6.46. The lowest BCUT2D eigenvalue weighted by atomic mass is 10.2. The molecule has 0 aliphatic heterocycles. The Kier molecular flexibility index (Phi) is 5.20. The van der Waals surface area contributed by atoms with Gasteiger partial charge in [-0.05, 0) is 24.3 Å². The van der Waals surface area contributed by atoms with Crippen molar-refractivity contribution < 1.29 is 19.1 Å². The molecular formula is C15H13N3O4. The number of esters is 1. The summed E-state index contributed by atoms with van der Waals surface area (Å²) < 4.78 is 9.44. The minimum Gasteiger partial charge on any atom is -0.424 e. The van der Waals surface area contributed by atoms with E-state index in [-0.39, 0.29) is 5.84 Å². The van der Waals surface area contributed by atoms with Crippen LogP contribution in [0, 0.1) is 0 Å². The van der Waals surface area contributed by atoms with Crippen LogP contribution in [0.3, 0.4) is 0 Å². The molecule has 0 bridgehead atoms. The third-order valence-electron chi connectivity index (χ3n) is 2.55. The summed E-state index contributed by atoms with van der Waals surface area (Å²) in [5, 5.41) is 0. The topological polar surface area (TPSA) is 104 Å². The van der Waals surface area contributed by atoms with E-state index in [2.05, 4.69) is 14.7 Å². The third-order valence-corrected chi connectivity index (χ3v) is 2.55. The predicted octanol–water partition coefficient (Wildman–Crippen LogP) is 1.74. The largest absolute Gasteiger partial charge is 0.438 e. The Hall–Kier alpha value is -3.22. The average Bonchev–Trinajstić information content (AvgIpc) is 2.56. The second-order valence-corrected chi connectivity index (χ2v) is 4.06. The number of aromatic nitrogens is 1. The van der Waals surface area contributed by atoms with Crippen molar-refractivity contribution in [3.63, 3.8) is 0 Å². The molecule has 0 fully saturated rings. The first-order valence-electron chi connectivity index (χ1n) is 6.30.